The van der Waals surface area contributed by atoms with Crippen LogP contribution in [-0.4, -0.2) is 28.3 Å². The first kappa shape index (κ1) is 12.7. The van der Waals surface area contributed by atoms with E-state index in [2.05, 4.69) is 10.4 Å². The Kier molecular flexibility index (Phi) is 4.49. The number of aryl methyl sites for hydroxylation is 2. The van der Waals surface area contributed by atoms with E-state index in [1.165, 1.54) is 0 Å². The topological polar surface area (TPSA) is 72.9 Å². The number of rotatable bonds is 5. The molecule has 0 aliphatic heterocycles. The summed E-state index contributed by atoms with van der Waals surface area (Å²) < 4.78 is 1.65. The Bertz CT molecular complexity index is 359. The highest BCUT2D eigenvalue weighted by atomic mass is 16.1. The normalized spacial score (nSPS) is 12.5. The van der Waals surface area contributed by atoms with E-state index in [1.807, 2.05) is 20.9 Å². The summed E-state index contributed by atoms with van der Waals surface area (Å²) in [6, 6.07) is 0.149. The minimum Gasteiger partial charge on any atom is -0.349 e. The van der Waals surface area contributed by atoms with E-state index >= 15 is 0 Å². The molecule has 0 radical (unpaired) electrons. The van der Waals surface area contributed by atoms with Crippen molar-refractivity contribution in [3.05, 3.63) is 17.5 Å². The molecule has 3 N–H and O–H groups in total. The van der Waals surface area contributed by atoms with E-state index in [0.717, 1.165) is 18.5 Å². The third kappa shape index (κ3) is 3.34. The van der Waals surface area contributed by atoms with Gasteiger partial charge in [0.2, 0.25) is 0 Å². The standard InChI is InChI=1S/C11H20N4O/c1-8(5-4-6-12)13-11(16)10-7-15(3)14-9(10)2/h7-8H,4-6,12H2,1-3H3,(H,13,16). The van der Waals surface area contributed by atoms with Gasteiger partial charge in [0.15, 0.2) is 0 Å². The molecule has 1 atom stereocenters. The Labute approximate surface area is 96.0 Å². The van der Waals surface area contributed by atoms with E-state index in [-0.39, 0.29) is 11.9 Å². The van der Waals surface area contributed by atoms with Crippen molar-refractivity contribution in [3.63, 3.8) is 0 Å². The predicted molar refractivity (Wildman–Crippen MR) is 63.2 cm³/mol. The first-order chi connectivity index (χ1) is 7.54. The molecule has 0 aliphatic rings. The Balaban J connectivity index is 2.55. The third-order valence-electron chi connectivity index (χ3n) is 2.48. The Hall–Kier alpha value is -1.36. The van der Waals surface area contributed by atoms with Crippen LogP contribution in [-0.2, 0) is 7.05 Å². The number of amides is 1. The van der Waals surface area contributed by atoms with Crippen molar-refractivity contribution in [2.24, 2.45) is 12.8 Å². The zero-order valence-electron chi connectivity index (χ0n) is 10.2. The van der Waals surface area contributed by atoms with Gasteiger partial charge in [0, 0.05) is 19.3 Å². The molecular formula is C11H20N4O. The summed E-state index contributed by atoms with van der Waals surface area (Å²) >= 11 is 0. The molecule has 5 nitrogen and oxygen atoms in total. The molecule has 1 aromatic rings. The minimum absolute atomic E-state index is 0.0601. The summed E-state index contributed by atoms with van der Waals surface area (Å²) in [5, 5.41) is 7.07. The van der Waals surface area contributed by atoms with Gasteiger partial charge >= 0.3 is 0 Å². The zero-order chi connectivity index (χ0) is 12.1. The van der Waals surface area contributed by atoms with Crippen LogP contribution in [0.3, 0.4) is 0 Å². The van der Waals surface area contributed by atoms with Crippen molar-refractivity contribution in [1.82, 2.24) is 15.1 Å². The van der Waals surface area contributed by atoms with Crippen LogP contribution in [0.4, 0.5) is 0 Å². The summed E-state index contributed by atoms with van der Waals surface area (Å²) in [4.78, 5) is 11.9. The van der Waals surface area contributed by atoms with Gasteiger partial charge in [-0.15, -0.1) is 0 Å². The molecule has 0 spiro atoms. The molecule has 1 heterocycles. The molecule has 0 aliphatic carbocycles. The number of hydrogen-bond acceptors (Lipinski definition) is 3. The molecule has 0 saturated heterocycles. The van der Waals surface area contributed by atoms with Gasteiger partial charge in [0.1, 0.15) is 0 Å². The van der Waals surface area contributed by atoms with Crippen molar-refractivity contribution in [2.45, 2.75) is 32.7 Å². The van der Waals surface area contributed by atoms with Crippen molar-refractivity contribution in [2.75, 3.05) is 6.54 Å². The quantitative estimate of drug-likeness (QED) is 0.768. The van der Waals surface area contributed by atoms with Crippen molar-refractivity contribution >= 4 is 5.91 Å². The first-order valence-electron chi connectivity index (χ1n) is 5.55. The van der Waals surface area contributed by atoms with E-state index in [9.17, 15) is 4.79 Å². The van der Waals surface area contributed by atoms with Gasteiger partial charge in [0.25, 0.3) is 5.91 Å². The largest absolute Gasteiger partial charge is 0.349 e. The molecule has 1 rings (SSSR count). The van der Waals surface area contributed by atoms with Crippen LogP contribution in [0.2, 0.25) is 0 Å². The van der Waals surface area contributed by atoms with Gasteiger partial charge in [-0.3, -0.25) is 9.48 Å². The highest BCUT2D eigenvalue weighted by molar-refractivity contribution is 5.95. The molecule has 0 bridgehead atoms. The van der Waals surface area contributed by atoms with Crippen LogP contribution in [0.1, 0.15) is 35.8 Å². The van der Waals surface area contributed by atoms with E-state index in [1.54, 1.807) is 10.9 Å². The maximum absolute atomic E-state index is 11.9. The summed E-state index contributed by atoms with van der Waals surface area (Å²) in [5.74, 6) is -0.0601. The number of carbonyl (C=O) groups excluding carboxylic acids is 1. The molecule has 16 heavy (non-hydrogen) atoms. The van der Waals surface area contributed by atoms with Crippen LogP contribution in [0.5, 0.6) is 0 Å². The lowest BCUT2D eigenvalue weighted by Gasteiger charge is -2.12. The number of nitrogens with two attached hydrogens (primary N) is 1. The number of carbonyl (C=O) groups is 1. The number of hydrogen-bond donors (Lipinski definition) is 2. The second kappa shape index (κ2) is 5.65. The lowest BCUT2D eigenvalue weighted by atomic mass is 10.1. The van der Waals surface area contributed by atoms with E-state index in [4.69, 9.17) is 5.73 Å². The lowest BCUT2D eigenvalue weighted by molar-refractivity contribution is 0.0937. The lowest BCUT2D eigenvalue weighted by Crippen LogP contribution is -2.33. The van der Waals surface area contributed by atoms with Crippen LogP contribution in [0.15, 0.2) is 6.20 Å². The Morgan fingerprint density at radius 3 is 2.88 bits per heavy atom. The molecule has 5 heteroatoms. The van der Waals surface area contributed by atoms with Crippen LogP contribution >= 0.6 is 0 Å². The summed E-state index contributed by atoms with van der Waals surface area (Å²) in [7, 11) is 1.81. The predicted octanol–water partition coefficient (Wildman–Crippen LogP) is 0.586. The molecule has 0 aromatic carbocycles. The summed E-state index contributed by atoms with van der Waals surface area (Å²) in [6.07, 6.45) is 3.56. The van der Waals surface area contributed by atoms with Crippen LogP contribution < -0.4 is 11.1 Å². The highest BCUT2D eigenvalue weighted by Crippen LogP contribution is 2.05. The molecule has 1 aromatic heterocycles. The number of nitrogens with one attached hydrogen (secondary N) is 1. The summed E-state index contributed by atoms with van der Waals surface area (Å²) in [5.41, 5.74) is 6.82. The molecule has 90 valence electrons. The highest BCUT2D eigenvalue weighted by Gasteiger charge is 2.14. The van der Waals surface area contributed by atoms with E-state index in [0.29, 0.717) is 12.1 Å². The maximum Gasteiger partial charge on any atom is 0.254 e. The molecule has 0 fully saturated rings. The van der Waals surface area contributed by atoms with Crippen molar-refractivity contribution in [1.29, 1.82) is 0 Å². The van der Waals surface area contributed by atoms with Gasteiger partial charge < -0.3 is 11.1 Å². The second-order valence-electron chi connectivity index (χ2n) is 4.11. The Morgan fingerprint density at radius 1 is 1.69 bits per heavy atom. The van der Waals surface area contributed by atoms with Gasteiger partial charge in [-0.05, 0) is 33.2 Å². The SMILES string of the molecule is Cc1nn(C)cc1C(=O)NC(C)CCCN. The Morgan fingerprint density at radius 2 is 2.38 bits per heavy atom. The van der Waals surface area contributed by atoms with Crippen LogP contribution in [0.25, 0.3) is 0 Å². The summed E-state index contributed by atoms with van der Waals surface area (Å²) in [6.45, 7) is 4.48. The minimum atomic E-state index is -0.0601. The average molecular weight is 224 g/mol. The monoisotopic (exact) mass is 224 g/mol. The maximum atomic E-state index is 11.9. The molecular weight excluding hydrogens is 204 g/mol. The van der Waals surface area contributed by atoms with Crippen molar-refractivity contribution < 1.29 is 4.79 Å². The van der Waals surface area contributed by atoms with Gasteiger partial charge in [-0.25, -0.2) is 0 Å². The number of aromatic nitrogens is 2. The van der Waals surface area contributed by atoms with E-state index < -0.39 is 0 Å². The molecule has 1 amide bonds. The number of nitrogens with zero attached hydrogens (tertiary/aromatic N) is 2. The van der Waals surface area contributed by atoms with Crippen LogP contribution in [0, 0.1) is 6.92 Å². The second-order valence-corrected chi connectivity index (χ2v) is 4.11. The zero-order valence-corrected chi connectivity index (χ0v) is 10.2. The molecule has 0 saturated carbocycles. The van der Waals surface area contributed by atoms with Gasteiger partial charge in [-0.2, -0.15) is 5.10 Å². The van der Waals surface area contributed by atoms with Crippen molar-refractivity contribution in [3.8, 4) is 0 Å². The third-order valence-corrected chi connectivity index (χ3v) is 2.48. The first-order valence-corrected chi connectivity index (χ1v) is 5.55. The van der Waals surface area contributed by atoms with Gasteiger partial charge in [-0.1, -0.05) is 0 Å². The molecule has 1 unspecified atom stereocenters. The smallest absolute Gasteiger partial charge is 0.254 e. The fraction of sp³-hybridized carbons (Fsp3) is 0.636. The van der Waals surface area contributed by atoms with Gasteiger partial charge in [0.05, 0.1) is 11.3 Å². The average Bonchev–Trinajstić information content (AvgIpc) is 2.54. The fourth-order valence-electron chi connectivity index (χ4n) is 1.62. The fourth-order valence-corrected chi connectivity index (χ4v) is 1.62.